The maximum atomic E-state index is 12.8. The van der Waals surface area contributed by atoms with Gasteiger partial charge in [-0.15, -0.1) is 0 Å². The van der Waals surface area contributed by atoms with Crippen LogP contribution in [0, 0.1) is 11.8 Å². The predicted octanol–water partition coefficient (Wildman–Crippen LogP) is 1.04. The molecule has 0 aliphatic carbocycles. The largest absolute Gasteiger partial charge is 0.351 e. The number of sulfonamides is 1. The van der Waals surface area contributed by atoms with E-state index >= 15 is 0 Å². The molecule has 3 N–H and O–H groups in total. The lowest BCUT2D eigenvalue weighted by Crippen LogP contribution is -2.42. The van der Waals surface area contributed by atoms with Crippen molar-refractivity contribution in [2.45, 2.75) is 25.2 Å². The number of piperidine rings is 1. The summed E-state index contributed by atoms with van der Waals surface area (Å²) in [5, 5.41) is 2.65. The summed E-state index contributed by atoms with van der Waals surface area (Å²) in [5.41, 5.74) is 5.69. The van der Waals surface area contributed by atoms with E-state index in [1.54, 1.807) is 18.2 Å². The molecule has 0 saturated carbocycles. The lowest BCUT2D eigenvalue weighted by atomic mass is 9.94. The van der Waals surface area contributed by atoms with E-state index in [2.05, 4.69) is 19.2 Å². The summed E-state index contributed by atoms with van der Waals surface area (Å²) < 4.78 is 27.2. The second-order valence-electron chi connectivity index (χ2n) is 6.34. The van der Waals surface area contributed by atoms with Gasteiger partial charge in [-0.1, -0.05) is 19.9 Å². The monoisotopic (exact) mass is 339 g/mol. The molecule has 1 aromatic rings. The van der Waals surface area contributed by atoms with Crippen LogP contribution in [-0.4, -0.2) is 44.8 Å². The van der Waals surface area contributed by atoms with Crippen LogP contribution in [0.25, 0.3) is 0 Å². The molecule has 1 aliphatic heterocycles. The minimum absolute atomic E-state index is 0.166. The van der Waals surface area contributed by atoms with Crippen LogP contribution in [0.3, 0.4) is 0 Å². The number of carbonyl (C=O) groups excluding carboxylic acids is 1. The number of nitrogens with zero attached hydrogens (tertiary/aromatic N) is 1. The van der Waals surface area contributed by atoms with Gasteiger partial charge < -0.3 is 11.1 Å². The summed E-state index contributed by atoms with van der Waals surface area (Å²) >= 11 is 0. The number of amides is 1. The summed E-state index contributed by atoms with van der Waals surface area (Å²) in [7, 11) is -3.58. The normalized spacial score (nSPS) is 22.7. The quantitative estimate of drug-likeness (QED) is 0.838. The number of hydrogen-bond acceptors (Lipinski definition) is 4. The third-order valence-corrected chi connectivity index (χ3v) is 5.83. The van der Waals surface area contributed by atoms with Crippen LogP contribution < -0.4 is 11.1 Å². The molecule has 1 aliphatic rings. The van der Waals surface area contributed by atoms with Crippen LogP contribution in [0.5, 0.6) is 0 Å². The van der Waals surface area contributed by atoms with Crippen molar-refractivity contribution in [3.63, 3.8) is 0 Å². The first-order valence-electron chi connectivity index (χ1n) is 7.93. The third-order valence-electron chi connectivity index (χ3n) is 4.00. The van der Waals surface area contributed by atoms with Crippen molar-refractivity contribution in [2.75, 3.05) is 26.2 Å². The van der Waals surface area contributed by atoms with Gasteiger partial charge in [-0.3, -0.25) is 4.79 Å². The fraction of sp³-hybridized carbons (Fsp3) is 0.562. The Balaban J connectivity index is 2.24. The zero-order valence-electron chi connectivity index (χ0n) is 13.7. The van der Waals surface area contributed by atoms with Crippen LogP contribution >= 0.6 is 0 Å². The van der Waals surface area contributed by atoms with E-state index in [9.17, 15) is 13.2 Å². The van der Waals surface area contributed by atoms with Gasteiger partial charge >= 0.3 is 0 Å². The average molecular weight is 339 g/mol. The Labute approximate surface area is 138 Å². The molecule has 1 aromatic carbocycles. The van der Waals surface area contributed by atoms with Gasteiger partial charge in [0.05, 0.1) is 4.90 Å². The number of nitrogens with one attached hydrogen (secondary N) is 1. The van der Waals surface area contributed by atoms with E-state index in [0.29, 0.717) is 43.6 Å². The van der Waals surface area contributed by atoms with Gasteiger partial charge in [0.1, 0.15) is 0 Å². The maximum absolute atomic E-state index is 12.8. The fourth-order valence-corrected chi connectivity index (χ4v) is 4.76. The number of benzene rings is 1. The van der Waals surface area contributed by atoms with Crippen LogP contribution in [0.2, 0.25) is 0 Å². The Kier molecular flexibility index (Phi) is 5.78. The van der Waals surface area contributed by atoms with Crippen molar-refractivity contribution in [1.29, 1.82) is 0 Å². The Bertz CT molecular complexity index is 650. The van der Waals surface area contributed by atoms with Crippen LogP contribution in [0.15, 0.2) is 29.2 Å². The zero-order valence-corrected chi connectivity index (χ0v) is 14.5. The molecule has 7 heteroatoms. The Morgan fingerprint density at radius 3 is 2.57 bits per heavy atom. The van der Waals surface area contributed by atoms with Crippen LogP contribution in [-0.2, 0) is 10.0 Å². The molecule has 0 aromatic heterocycles. The first-order chi connectivity index (χ1) is 10.8. The highest BCUT2D eigenvalue weighted by atomic mass is 32.2. The summed E-state index contributed by atoms with van der Waals surface area (Å²) in [4.78, 5) is 12.2. The molecular weight excluding hydrogens is 314 g/mol. The van der Waals surface area contributed by atoms with Crippen molar-refractivity contribution >= 4 is 15.9 Å². The van der Waals surface area contributed by atoms with E-state index in [1.807, 2.05) is 0 Å². The molecule has 1 amide bonds. The van der Waals surface area contributed by atoms with Gasteiger partial charge in [-0.05, 0) is 36.5 Å². The summed E-state index contributed by atoms with van der Waals surface area (Å²) in [6, 6.07) is 6.18. The molecule has 0 radical (unpaired) electrons. The first kappa shape index (κ1) is 17.9. The molecule has 1 saturated heterocycles. The highest BCUT2D eigenvalue weighted by Gasteiger charge is 2.31. The molecule has 2 unspecified atom stereocenters. The van der Waals surface area contributed by atoms with E-state index < -0.39 is 10.0 Å². The highest BCUT2D eigenvalue weighted by molar-refractivity contribution is 7.89. The number of carbonyl (C=O) groups is 1. The van der Waals surface area contributed by atoms with Gasteiger partial charge in [0, 0.05) is 31.7 Å². The third kappa shape index (κ3) is 4.31. The van der Waals surface area contributed by atoms with Crippen molar-refractivity contribution in [3.8, 4) is 0 Å². The molecule has 2 atom stereocenters. The topological polar surface area (TPSA) is 92.5 Å². The van der Waals surface area contributed by atoms with E-state index in [4.69, 9.17) is 5.73 Å². The van der Waals surface area contributed by atoms with E-state index in [0.717, 1.165) is 6.42 Å². The molecule has 23 heavy (non-hydrogen) atoms. The van der Waals surface area contributed by atoms with Crippen molar-refractivity contribution in [1.82, 2.24) is 9.62 Å². The number of nitrogens with two attached hydrogens (primary N) is 1. The predicted molar refractivity (Wildman–Crippen MR) is 89.5 cm³/mol. The Morgan fingerprint density at radius 2 is 1.96 bits per heavy atom. The Morgan fingerprint density at radius 1 is 1.30 bits per heavy atom. The first-order valence-corrected chi connectivity index (χ1v) is 9.37. The minimum atomic E-state index is -3.58. The molecular formula is C16H25N3O3S. The van der Waals surface area contributed by atoms with Crippen molar-refractivity contribution < 1.29 is 13.2 Å². The molecule has 1 fully saturated rings. The standard InChI is InChI=1S/C16H25N3O3S/c1-12-8-13(2)11-19(10-12)23(21,22)15-5-3-4-14(9-15)16(20)18-7-6-17/h3-5,9,12-13H,6-8,10-11,17H2,1-2H3,(H,18,20). The van der Waals surface area contributed by atoms with Gasteiger partial charge in [-0.25, -0.2) is 8.42 Å². The summed E-state index contributed by atoms with van der Waals surface area (Å²) in [6.45, 7) is 5.88. The second-order valence-corrected chi connectivity index (χ2v) is 8.28. The molecule has 0 spiro atoms. The molecule has 0 bridgehead atoms. The maximum Gasteiger partial charge on any atom is 0.251 e. The Hall–Kier alpha value is -1.44. The van der Waals surface area contributed by atoms with Crippen molar-refractivity contribution in [3.05, 3.63) is 29.8 Å². The lowest BCUT2D eigenvalue weighted by Gasteiger charge is -2.34. The van der Waals surface area contributed by atoms with Gasteiger partial charge in [-0.2, -0.15) is 4.31 Å². The van der Waals surface area contributed by atoms with Gasteiger partial charge in [0.25, 0.3) is 5.91 Å². The summed E-state index contributed by atoms with van der Waals surface area (Å²) in [6.07, 6.45) is 1.04. The number of hydrogen-bond donors (Lipinski definition) is 2. The minimum Gasteiger partial charge on any atom is -0.351 e. The van der Waals surface area contributed by atoms with Crippen LogP contribution in [0.4, 0.5) is 0 Å². The lowest BCUT2D eigenvalue weighted by molar-refractivity contribution is 0.0954. The average Bonchev–Trinajstić information content (AvgIpc) is 2.51. The van der Waals surface area contributed by atoms with Gasteiger partial charge in [0.15, 0.2) is 0 Å². The summed E-state index contributed by atoms with van der Waals surface area (Å²) in [5.74, 6) is 0.363. The highest BCUT2D eigenvalue weighted by Crippen LogP contribution is 2.26. The SMILES string of the molecule is CC1CC(C)CN(S(=O)(=O)c2cccc(C(=O)NCCN)c2)C1. The molecule has 6 nitrogen and oxygen atoms in total. The fourth-order valence-electron chi connectivity index (χ4n) is 3.04. The van der Waals surface area contributed by atoms with Gasteiger partial charge in [0.2, 0.25) is 10.0 Å². The van der Waals surface area contributed by atoms with Crippen molar-refractivity contribution in [2.24, 2.45) is 17.6 Å². The van der Waals surface area contributed by atoms with E-state index in [-0.39, 0.29) is 10.8 Å². The van der Waals surface area contributed by atoms with E-state index in [1.165, 1.54) is 10.4 Å². The molecule has 2 rings (SSSR count). The smallest absolute Gasteiger partial charge is 0.251 e. The molecule has 128 valence electrons. The second kappa shape index (κ2) is 7.42. The molecule has 1 heterocycles. The number of rotatable bonds is 5. The van der Waals surface area contributed by atoms with Crippen LogP contribution in [0.1, 0.15) is 30.6 Å². The zero-order chi connectivity index (χ0) is 17.0.